The van der Waals surface area contributed by atoms with Crippen molar-refractivity contribution in [1.29, 1.82) is 0 Å². The van der Waals surface area contributed by atoms with E-state index in [1.807, 2.05) is 6.07 Å². The highest BCUT2D eigenvalue weighted by molar-refractivity contribution is 5.97. The quantitative estimate of drug-likeness (QED) is 0.901. The van der Waals surface area contributed by atoms with E-state index in [9.17, 15) is 9.90 Å². The van der Waals surface area contributed by atoms with E-state index in [1.165, 1.54) is 16.8 Å². The molecule has 1 heterocycles. The predicted octanol–water partition coefficient (Wildman–Crippen LogP) is 4.10. The van der Waals surface area contributed by atoms with Gasteiger partial charge in [0.2, 0.25) is 0 Å². The molecule has 102 valence electrons. The molecule has 0 saturated heterocycles. The molecule has 0 amide bonds. The number of benzene rings is 1. The molecule has 2 rings (SSSR count). The Kier molecular flexibility index (Phi) is 3.40. The largest absolute Gasteiger partial charge is 0.478 e. The summed E-state index contributed by atoms with van der Waals surface area (Å²) in [5.74, 6) is -0.550. The number of rotatable bonds is 3. The molecule has 1 aromatic heterocycles. The van der Waals surface area contributed by atoms with Crippen molar-refractivity contribution < 1.29 is 9.90 Å². The molecule has 0 fully saturated rings. The summed E-state index contributed by atoms with van der Waals surface area (Å²) < 4.78 is 2.28. The molecule has 0 radical (unpaired) electrons. The molecule has 0 aliphatic rings. The fraction of sp³-hybridized carbons (Fsp3) is 0.438. The molecule has 19 heavy (non-hydrogen) atoms. The molecule has 1 aromatic carbocycles. The fourth-order valence-electron chi connectivity index (χ4n) is 2.77. The smallest absolute Gasteiger partial charge is 0.335 e. The molecular formula is C16H21NO2. The maximum absolute atomic E-state index is 11.3. The summed E-state index contributed by atoms with van der Waals surface area (Å²) >= 11 is 0. The van der Waals surface area contributed by atoms with Gasteiger partial charge in [-0.2, -0.15) is 0 Å². The second-order valence-corrected chi connectivity index (χ2v) is 5.38. The minimum absolute atomic E-state index is 0.306. The van der Waals surface area contributed by atoms with Crippen molar-refractivity contribution in [2.75, 3.05) is 0 Å². The Morgan fingerprint density at radius 3 is 2.42 bits per heavy atom. The van der Waals surface area contributed by atoms with Crippen molar-refractivity contribution in [3.05, 3.63) is 34.5 Å². The lowest BCUT2D eigenvalue weighted by Gasteiger charge is -2.13. The minimum atomic E-state index is -0.856. The van der Waals surface area contributed by atoms with Crippen molar-refractivity contribution in [1.82, 2.24) is 4.57 Å². The summed E-state index contributed by atoms with van der Waals surface area (Å²) in [4.78, 5) is 11.3. The van der Waals surface area contributed by atoms with Gasteiger partial charge in [0.25, 0.3) is 0 Å². The number of carbonyl (C=O) groups is 1. The van der Waals surface area contributed by atoms with Gasteiger partial charge in [-0.05, 0) is 49.9 Å². The van der Waals surface area contributed by atoms with Crippen molar-refractivity contribution in [3.63, 3.8) is 0 Å². The van der Waals surface area contributed by atoms with Crippen molar-refractivity contribution >= 4 is 16.9 Å². The lowest BCUT2D eigenvalue weighted by Crippen LogP contribution is -2.03. The second kappa shape index (κ2) is 4.72. The van der Waals surface area contributed by atoms with E-state index in [4.69, 9.17) is 0 Å². The van der Waals surface area contributed by atoms with Gasteiger partial charge in [0.1, 0.15) is 0 Å². The molecule has 0 atom stereocenters. The van der Waals surface area contributed by atoms with Crippen molar-refractivity contribution in [2.45, 2.75) is 47.1 Å². The molecule has 0 saturated carbocycles. The lowest BCUT2D eigenvalue weighted by atomic mass is 9.96. The number of nitrogens with zero attached hydrogens (tertiary/aromatic N) is 1. The number of fused-ring (bicyclic) bond motifs is 1. The van der Waals surface area contributed by atoms with Crippen molar-refractivity contribution in [3.8, 4) is 0 Å². The molecule has 0 bridgehead atoms. The molecule has 0 unspecified atom stereocenters. The highest BCUT2D eigenvalue weighted by Crippen LogP contribution is 2.33. The first kappa shape index (κ1) is 13.7. The first-order chi connectivity index (χ1) is 8.88. The molecule has 0 spiro atoms. The summed E-state index contributed by atoms with van der Waals surface area (Å²) in [6, 6.07) is 3.62. The van der Waals surface area contributed by atoms with Crippen LogP contribution in [0.15, 0.2) is 12.1 Å². The lowest BCUT2D eigenvalue weighted by molar-refractivity contribution is 0.0697. The van der Waals surface area contributed by atoms with E-state index in [0.717, 1.165) is 17.5 Å². The molecular weight excluding hydrogens is 238 g/mol. The van der Waals surface area contributed by atoms with E-state index in [0.29, 0.717) is 11.5 Å². The number of carboxylic acid groups (broad SMARTS) is 1. The zero-order valence-corrected chi connectivity index (χ0v) is 12.2. The molecule has 0 aliphatic heterocycles. The zero-order valence-electron chi connectivity index (χ0n) is 12.2. The summed E-state index contributed by atoms with van der Waals surface area (Å²) in [6.45, 7) is 11.4. The Balaban J connectivity index is 2.95. The van der Waals surface area contributed by atoms with Gasteiger partial charge in [-0.25, -0.2) is 4.79 Å². The van der Waals surface area contributed by atoms with Gasteiger partial charge >= 0.3 is 5.97 Å². The number of carboxylic acids is 1. The van der Waals surface area contributed by atoms with Gasteiger partial charge < -0.3 is 9.67 Å². The third kappa shape index (κ3) is 2.03. The number of aromatic nitrogens is 1. The molecule has 0 aliphatic carbocycles. The summed E-state index contributed by atoms with van der Waals surface area (Å²) in [5, 5.41) is 10.3. The van der Waals surface area contributed by atoms with E-state index >= 15 is 0 Å². The Bertz CT molecular complexity index is 651. The highest BCUT2D eigenvalue weighted by Gasteiger charge is 2.18. The van der Waals surface area contributed by atoms with Crippen LogP contribution in [-0.2, 0) is 6.54 Å². The number of aryl methyl sites for hydroxylation is 2. The van der Waals surface area contributed by atoms with Gasteiger partial charge in [0.15, 0.2) is 0 Å². The van der Waals surface area contributed by atoms with Crippen LogP contribution in [-0.4, -0.2) is 15.6 Å². The molecule has 1 N–H and O–H groups in total. The van der Waals surface area contributed by atoms with Crippen LogP contribution in [0.3, 0.4) is 0 Å². The second-order valence-electron chi connectivity index (χ2n) is 5.38. The van der Waals surface area contributed by atoms with Crippen LogP contribution in [0.5, 0.6) is 0 Å². The first-order valence-corrected chi connectivity index (χ1v) is 6.75. The summed E-state index contributed by atoms with van der Waals surface area (Å²) in [6.07, 6.45) is 0. The van der Waals surface area contributed by atoms with Crippen LogP contribution in [0.2, 0.25) is 0 Å². The topological polar surface area (TPSA) is 42.2 Å². The van der Waals surface area contributed by atoms with Crippen molar-refractivity contribution in [2.24, 2.45) is 0 Å². The van der Waals surface area contributed by atoms with Crippen LogP contribution in [0.25, 0.3) is 10.9 Å². The van der Waals surface area contributed by atoms with Crippen LogP contribution < -0.4 is 0 Å². The van der Waals surface area contributed by atoms with Gasteiger partial charge in [0.05, 0.1) is 11.1 Å². The third-order valence-corrected chi connectivity index (χ3v) is 3.95. The third-order valence-electron chi connectivity index (χ3n) is 3.95. The fourth-order valence-corrected chi connectivity index (χ4v) is 2.77. The zero-order chi connectivity index (χ0) is 14.3. The Morgan fingerprint density at radius 1 is 1.32 bits per heavy atom. The molecule has 3 nitrogen and oxygen atoms in total. The molecule has 2 aromatic rings. The standard InChI is InChI=1S/C16H21NO2/c1-6-17-11(5)10(4)14-8-12(16(18)19)7-13(9(2)3)15(14)17/h7-9H,6H2,1-5H3,(H,18,19). The highest BCUT2D eigenvalue weighted by atomic mass is 16.4. The maximum atomic E-state index is 11.3. The van der Waals surface area contributed by atoms with E-state index < -0.39 is 5.97 Å². The Labute approximate surface area is 113 Å². The van der Waals surface area contributed by atoms with Gasteiger partial charge in [-0.3, -0.25) is 0 Å². The maximum Gasteiger partial charge on any atom is 0.335 e. The number of hydrogen-bond acceptors (Lipinski definition) is 1. The number of hydrogen-bond donors (Lipinski definition) is 1. The first-order valence-electron chi connectivity index (χ1n) is 6.75. The molecule has 3 heteroatoms. The predicted molar refractivity (Wildman–Crippen MR) is 78.1 cm³/mol. The summed E-state index contributed by atoms with van der Waals surface area (Å²) in [7, 11) is 0. The van der Waals surface area contributed by atoms with Gasteiger partial charge in [0, 0.05) is 17.6 Å². The van der Waals surface area contributed by atoms with Crippen LogP contribution in [0, 0.1) is 13.8 Å². The normalized spacial score (nSPS) is 11.5. The van der Waals surface area contributed by atoms with Gasteiger partial charge in [-0.1, -0.05) is 13.8 Å². The van der Waals surface area contributed by atoms with E-state index in [-0.39, 0.29) is 0 Å². The average molecular weight is 259 g/mol. The van der Waals surface area contributed by atoms with Crippen LogP contribution in [0.1, 0.15) is 53.9 Å². The summed E-state index contributed by atoms with van der Waals surface area (Å²) in [5.41, 5.74) is 5.10. The average Bonchev–Trinajstić information content (AvgIpc) is 2.60. The van der Waals surface area contributed by atoms with Crippen LogP contribution in [0.4, 0.5) is 0 Å². The van der Waals surface area contributed by atoms with Gasteiger partial charge in [-0.15, -0.1) is 0 Å². The Hall–Kier alpha value is -1.77. The van der Waals surface area contributed by atoms with E-state index in [1.54, 1.807) is 6.07 Å². The number of aromatic carboxylic acids is 1. The minimum Gasteiger partial charge on any atom is -0.478 e. The Morgan fingerprint density at radius 2 is 1.95 bits per heavy atom. The van der Waals surface area contributed by atoms with Crippen LogP contribution >= 0.6 is 0 Å². The SMILES string of the molecule is CCn1c(C)c(C)c2cc(C(=O)O)cc(C(C)C)c21. The van der Waals surface area contributed by atoms with E-state index in [2.05, 4.69) is 39.2 Å². The monoisotopic (exact) mass is 259 g/mol.